The van der Waals surface area contributed by atoms with Crippen molar-refractivity contribution in [3.63, 3.8) is 0 Å². The predicted molar refractivity (Wildman–Crippen MR) is 212 cm³/mol. The lowest BCUT2D eigenvalue weighted by Gasteiger charge is -2.27. The van der Waals surface area contributed by atoms with E-state index in [0.717, 1.165) is 33.1 Å². The van der Waals surface area contributed by atoms with E-state index in [0.29, 0.717) is 31.6 Å². The van der Waals surface area contributed by atoms with Gasteiger partial charge in [0.25, 0.3) is 21.9 Å². The number of aryl methyl sites for hydroxylation is 1. The molecular formula is C39H57N5O14S. The van der Waals surface area contributed by atoms with Crippen LogP contribution in [0.5, 0.6) is 0 Å². The fraction of sp³-hybridized carbons (Fsp3) is 0.615. The number of rotatable bonds is 24. The number of anilines is 1. The molecule has 0 aromatic heterocycles. The van der Waals surface area contributed by atoms with Crippen LogP contribution >= 0.6 is 0 Å². The molecule has 3 rings (SSSR count). The number of nitrogens with one attached hydrogen (secondary N) is 3. The van der Waals surface area contributed by atoms with Gasteiger partial charge in [0.2, 0.25) is 23.6 Å². The number of carbonyl (C=O) groups excluding carboxylic acids is 7. The van der Waals surface area contributed by atoms with Crippen molar-refractivity contribution in [3.05, 3.63) is 41.5 Å². The van der Waals surface area contributed by atoms with Gasteiger partial charge >= 0.3 is 5.97 Å². The van der Waals surface area contributed by atoms with Crippen LogP contribution in [0.2, 0.25) is 0 Å². The van der Waals surface area contributed by atoms with Crippen molar-refractivity contribution in [1.82, 2.24) is 20.4 Å². The van der Waals surface area contributed by atoms with Gasteiger partial charge in [-0.05, 0) is 62.3 Å². The fourth-order valence-corrected chi connectivity index (χ4v) is 6.61. The van der Waals surface area contributed by atoms with E-state index in [9.17, 15) is 47.1 Å². The molecule has 1 fully saturated rings. The van der Waals surface area contributed by atoms with Crippen LogP contribution < -0.4 is 16.0 Å². The number of likely N-dealkylation sites (tertiary alicyclic amines) is 1. The largest absolute Gasteiger partial charge is 0.461 e. The normalized spacial score (nSPS) is 17.6. The number of imide groups is 1. The van der Waals surface area contributed by atoms with Gasteiger partial charge in [0.1, 0.15) is 18.7 Å². The van der Waals surface area contributed by atoms with E-state index in [-0.39, 0.29) is 38.1 Å². The van der Waals surface area contributed by atoms with Crippen molar-refractivity contribution in [2.45, 2.75) is 97.6 Å². The Bertz CT molecular complexity index is 1830. The number of aliphatic hydroxyl groups excluding tert-OH is 1. The molecule has 59 heavy (non-hydrogen) atoms. The van der Waals surface area contributed by atoms with E-state index in [1.807, 2.05) is 13.8 Å². The third-order valence-electron chi connectivity index (χ3n) is 9.59. The fourth-order valence-electron chi connectivity index (χ4n) is 6.28. The van der Waals surface area contributed by atoms with Crippen molar-refractivity contribution >= 4 is 57.2 Å². The highest BCUT2D eigenvalue weighted by atomic mass is 32.2. The number of nitrogens with zero attached hydrogens (tertiary/aromatic N) is 2. The average Bonchev–Trinajstić information content (AvgIpc) is 3.63. The van der Waals surface area contributed by atoms with Gasteiger partial charge in [-0.15, -0.1) is 0 Å². The summed E-state index contributed by atoms with van der Waals surface area (Å²) in [5.74, 6) is -6.07. The number of aliphatic hydroxyl groups is 1. The SMILES string of the molecule is CC(C)C(=O)OCc1ccc(NC(=O)CNC(=O)C(NC(=O)CN2C(=O)C(N3C(=O)C=CC3=O)CC2COCCS(=O)(=O)O)C(C)C)cc1CCCOC(C)(C)CCO. The molecule has 0 spiro atoms. The Morgan fingerprint density at radius 2 is 1.66 bits per heavy atom. The molecule has 2 aliphatic rings. The number of esters is 1. The summed E-state index contributed by atoms with van der Waals surface area (Å²) in [4.78, 5) is 91.8. The van der Waals surface area contributed by atoms with E-state index in [4.69, 9.17) is 18.8 Å². The first-order valence-corrected chi connectivity index (χ1v) is 21.0. The van der Waals surface area contributed by atoms with Crippen molar-refractivity contribution < 1.29 is 65.8 Å². The molecule has 0 bridgehead atoms. The Kier molecular flexibility index (Phi) is 18.1. The van der Waals surface area contributed by atoms with Crippen LogP contribution in [0.4, 0.5) is 5.69 Å². The van der Waals surface area contributed by atoms with E-state index < -0.39 is 101 Å². The molecule has 0 aliphatic carbocycles. The number of carbonyl (C=O) groups is 7. The summed E-state index contributed by atoms with van der Waals surface area (Å²) in [6.45, 7) is 9.18. The van der Waals surface area contributed by atoms with Gasteiger partial charge in [0.05, 0.1) is 49.6 Å². The topological polar surface area (TPSA) is 264 Å². The van der Waals surface area contributed by atoms with Gasteiger partial charge in [-0.25, -0.2) is 0 Å². The van der Waals surface area contributed by atoms with Crippen LogP contribution in [0.3, 0.4) is 0 Å². The molecule has 328 valence electrons. The summed E-state index contributed by atoms with van der Waals surface area (Å²) in [6, 6.07) is 1.84. The van der Waals surface area contributed by atoms with E-state index in [2.05, 4.69) is 16.0 Å². The lowest BCUT2D eigenvalue weighted by Crippen LogP contribution is -2.54. The third-order valence-corrected chi connectivity index (χ3v) is 10.3. The molecule has 20 heteroatoms. The Hall–Kier alpha value is -4.76. The monoisotopic (exact) mass is 851 g/mol. The second kappa shape index (κ2) is 22.0. The van der Waals surface area contributed by atoms with Crippen molar-refractivity contribution in [2.75, 3.05) is 50.6 Å². The summed E-state index contributed by atoms with van der Waals surface area (Å²) < 4.78 is 48.0. The maximum atomic E-state index is 13.5. The average molecular weight is 852 g/mol. The van der Waals surface area contributed by atoms with Gasteiger partial charge < -0.3 is 40.2 Å². The number of hydrogen-bond donors (Lipinski definition) is 5. The van der Waals surface area contributed by atoms with Gasteiger partial charge in [-0.2, -0.15) is 8.42 Å². The lowest BCUT2D eigenvalue weighted by atomic mass is 10.0. The Labute approximate surface area is 344 Å². The quantitative estimate of drug-likeness (QED) is 0.0411. The highest BCUT2D eigenvalue weighted by Gasteiger charge is 2.47. The molecule has 2 heterocycles. The van der Waals surface area contributed by atoms with E-state index >= 15 is 0 Å². The smallest absolute Gasteiger partial charge is 0.308 e. The molecule has 2 aliphatic heterocycles. The maximum Gasteiger partial charge on any atom is 0.308 e. The Morgan fingerprint density at radius 1 is 0.983 bits per heavy atom. The summed E-state index contributed by atoms with van der Waals surface area (Å²) in [5, 5.41) is 17.1. The third kappa shape index (κ3) is 15.4. The summed E-state index contributed by atoms with van der Waals surface area (Å²) in [7, 11) is -4.34. The van der Waals surface area contributed by atoms with Crippen molar-refractivity contribution in [2.24, 2.45) is 11.8 Å². The molecule has 1 aromatic carbocycles. The second-order valence-corrected chi connectivity index (χ2v) is 17.2. The number of benzene rings is 1. The van der Waals surface area contributed by atoms with E-state index in [1.54, 1.807) is 45.9 Å². The van der Waals surface area contributed by atoms with Crippen LogP contribution in [0.1, 0.15) is 71.9 Å². The predicted octanol–water partition coefficient (Wildman–Crippen LogP) is 0.490. The molecule has 19 nitrogen and oxygen atoms in total. The zero-order chi connectivity index (χ0) is 44.1. The minimum absolute atomic E-state index is 0.00824. The Balaban J connectivity index is 1.63. The van der Waals surface area contributed by atoms with Crippen LogP contribution in [0.15, 0.2) is 30.4 Å². The zero-order valence-electron chi connectivity index (χ0n) is 34.4. The molecule has 5 N–H and O–H groups in total. The van der Waals surface area contributed by atoms with Crippen LogP contribution in [0.25, 0.3) is 0 Å². The van der Waals surface area contributed by atoms with Crippen LogP contribution in [-0.4, -0.2) is 138 Å². The number of hydrogen-bond acceptors (Lipinski definition) is 13. The maximum absolute atomic E-state index is 13.5. The first kappa shape index (κ1) is 48.6. The Morgan fingerprint density at radius 3 is 2.27 bits per heavy atom. The highest BCUT2D eigenvalue weighted by molar-refractivity contribution is 7.85. The van der Waals surface area contributed by atoms with Gasteiger partial charge in [0.15, 0.2) is 0 Å². The van der Waals surface area contributed by atoms with Crippen molar-refractivity contribution in [3.8, 4) is 0 Å². The molecule has 0 radical (unpaired) electrons. The minimum Gasteiger partial charge on any atom is -0.461 e. The van der Waals surface area contributed by atoms with Gasteiger partial charge in [-0.3, -0.25) is 43.0 Å². The second-order valence-electron chi connectivity index (χ2n) is 15.6. The number of amides is 6. The van der Waals surface area contributed by atoms with Crippen LogP contribution in [-0.2, 0) is 70.9 Å². The first-order valence-electron chi connectivity index (χ1n) is 19.4. The summed E-state index contributed by atoms with van der Waals surface area (Å²) >= 11 is 0. The molecular weight excluding hydrogens is 795 g/mol. The van der Waals surface area contributed by atoms with Gasteiger partial charge in [-0.1, -0.05) is 33.8 Å². The molecule has 6 amide bonds. The lowest BCUT2D eigenvalue weighted by molar-refractivity contribution is -0.148. The molecule has 3 atom stereocenters. The molecule has 0 saturated carbocycles. The first-order chi connectivity index (χ1) is 27.6. The minimum atomic E-state index is -4.34. The van der Waals surface area contributed by atoms with Crippen molar-refractivity contribution in [1.29, 1.82) is 0 Å². The molecule has 1 aromatic rings. The van der Waals surface area contributed by atoms with E-state index in [1.165, 1.54) is 0 Å². The molecule has 3 unspecified atom stereocenters. The number of ether oxygens (including phenoxy) is 3. The molecule has 1 saturated heterocycles. The highest BCUT2D eigenvalue weighted by Crippen LogP contribution is 2.27. The van der Waals surface area contributed by atoms with Crippen LogP contribution in [0, 0.1) is 11.8 Å². The summed E-state index contributed by atoms with van der Waals surface area (Å²) in [6.07, 6.45) is 3.50. The standard InChI is InChI=1S/C39H57N5O14S/c1-24(2)35(42-32(47)21-43-29(23-56-16-17-59(53,54)55)19-30(37(43)51)44-33(48)11-12-34(44)49)36(50)40-20-31(46)41-28-10-9-27(22-57-38(52)25(3)4)26(18-28)8-7-15-58-39(5,6)13-14-45/h9-12,18,24-25,29-30,35,45H,7-8,13-17,19-23H2,1-6H3,(H,40,50)(H,41,46)(H,42,47)(H,53,54,55). The van der Waals surface area contributed by atoms with Gasteiger partial charge in [0, 0.05) is 37.5 Å². The summed E-state index contributed by atoms with van der Waals surface area (Å²) in [5.41, 5.74) is 1.46. The zero-order valence-corrected chi connectivity index (χ0v) is 35.2.